The number of benzene rings is 1. The summed E-state index contributed by atoms with van der Waals surface area (Å²) >= 11 is 7.39. The summed E-state index contributed by atoms with van der Waals surface area (Å²) in [5.41, 5.74) is 1.66. The Bertz CT molecular complexity index is 1140. The van der Waals surface area contributed by atoms with Gasteiger partial charge in [-0.1, -0.05) is 31.4 Å². The van der Waals surface area contributed by atoms with Gasteiger partial charge in [0.25, 0.3) is 5.56 Å². The Morgan fingerprint density at radius 2 is 1.97 bits per heavy atom. The number of anilines is 1. The van der Waals surface area contributed by atoms with Crippen LogP contribution in [0.3, 0.4) is 0 Å². The maximum Gasteiger partial charge on any atom is 0.269 e. The third-order valence-corrected chi connectivity index (χ3v) is 5.55. The first kappa shape index (κ1) is 21.2. The molecule has 0 bridgehead atoms. The molecule has 0 fully saturated rings. The van der Waals surface area contributed by atoms with Crippen molar-refractivity contribution in [3.8, 4) is 11.8 Å². The largest absolute Gasteiger partial charge is 0.355 e. The zero-order valence-corrected chi connectivity index (χ0v) is 18.2. The van der Waals surface area contributed by atoms with Crippen LogP contribution < -0.4 is 10.9 Å². The number of nitriles is 1. The van der Waals surface area contributed by atoms with E-state index in [1.54, 1.807) is 31.2 Å². The number of aromatic nitrogens is 3. The number of hydrogen-bond donors (Lipinski definition) is 1. The van der Waals surface area contributed by atoms with Gasteiger partial charge in [0.05, 0.1) is 16.8 Å². The molecule has 6 nitrogen and oxygen atoms in total. The molecule has 0 saturated carbocycles. The van der Waals surface area contributed by atoms with Crippen LogP contribution in [0.25, 0.3) is 16.6 Å². The van der Waals surface area contributed by atoms with E-state index in [-0.39, 0.29) is 5.56 Å². The maximum absolute atomic E-state index is 13.5. The molecule has 0 atom stereocenters. The second-order valence-electron chi connectivity index (χ2n) is 6.60. The number of halogens is 1. The zero-order valence-electron chi connectivity index (χ0n) is 16.6. The predicted octanol–water partition coefficient (Wildman–Crippen LogP) is 4.94. The molecule has 0 saturated heterocycles. The van der Waals surface area contributed by atoms with E-state index < -0.39 is 0 Å². The van der Waals surface area contributed by atoms with Gasteiger partial charge in [0, 0.05) is 11.6 Å². The van der Waals surface area contributed by atoms with Crippen molar-refractivity contribution in [2.24, 2.45) is 0 Å². The number of pyridine rings is 1. The van der Waals surface area contributed by atoms with Crippen LogP contribution in [0, 0.1) is 18.3 Å². The second-order valence-corrected chi connectivity index (χ2v) is 7.83. The molecule has 1 aromatic carbocycles. The molecule has 0 amide bonds. The van der Waals surface area contributed by atoms with Gasteiger partial charge in [0.2, 0.25) is 5.95 Å². The summed E-state index contributed by atoms with van der Waals surface area (Å²) in [7, 11) is 0. The Morgan fingerprint density at radius 1 is 1.24 bits per heavy atom. The van der Waals surface area contributed by atoms with Crippen LogP contribution in [0.5, 0.6) is 0 Å². The molecule has 2 heterocycles. The van der Waals surface area contributed by atoms with Gasteiger partial charge in [-0.3, -0.25) is 4.79 Å². The Morgan fingerprint density at radius 3 is 2.59 bits per heavy atom. The highest BCUT2D eigenvalue weighted by atomic mass is 35.5. The van der Waals surface area contributed by atoms with Gasteiger partial charge in [-0.15, -0.1) is 11.8 Å². The summed E-state index contributed by atoms with van der Waals surface area (Å²) in [5, 5.41) is 14.5. The highest BCUT2D eigenvalue weighted by Gasteiger charge is 2.20. The lowest BCUT2D eigenvalue weighted by Crippen LogP contribution is -2.25. The second kappa shape index (κ2) is 9.29. The van der Waals surface area contributed by atoms with Crippen molar-refractivity contribution in [3.63, 3.8) is 0 Å². The van der Waals surface area contributed by atoms with E-state index in [0.717, 1.165) is 19.3 Å². The number of fused-ring (bicyclic) bond motifs is 1. The molecule has 29 heavy (non-hydrogen) atoms. The molecule has 0 aliphatic heterocycles. The Balaban J connectivity index is 2.30. The number of aryl methyl sites for hydroxylation is 1. The van der Waals surface area contributed by atoms with Gasteiger partial charge in [-0.2, -0.15) is 5.26 Å². The molecule has 3 rings (SSSR count). The molecule has 8 heteroatoms. The van der Waals surface area contributed by atoms with E-state index in [1.165, 1.54) is 16.3 Å². The topological polar surface area (TPSA) is 83.6 Å². The van der Waals surface area contributed by atoms with Gasteiger partial charge in [-0.25, -0.2) is 14.5 Å². The third kappa shape index (κ3) is 4.24. The molecule has 150 valence electrons. The number of thioether (sulfide) groups is 1. The fraction of sp³-hybridized carbons (Fsp3) is 0.333. The van der Waals surface area contributed by atoms with Crippen LogP contribution in [-0.2, 0) is 0 Å². The number of unbranched alkanes of at least 4 members (excludes halogenated alkanes) is 2. The summed E-state index contributed by atoms with van der Waals surface area (Å²) in [6.07, 6.45) is 4.99. The summed E-state index contributed by atoms with van der Waals surface area (Å²) < 4.78 is 1.53. The Labute approximate surface area is 178 Å². The van der Waals surface area contributed by atoms with Crippen molar-refractivity contribution in [1.29, 1.82) is 5.26 Å². The standard InChI is InChI=1S/C21H22ClN5OS/c1-4-5-6-11-24-21-26-18-16(12-23)19(29-3)25-13(2)17(18)20(28)27(21)15-9-7-14(22)8-10-15/h7-10H,4-6,11H2,1-3H3,(H,24,26). The van der Waals surface area contributed by atoms with Gasteiger partial charge < -0.3 is 5.32 Å². The molecule has 2 aromatic heterocycles. The van der Waals surface area contributed by atoms with Crippen molar-refractivity contribution in [3.05, 3.63) is 50.9 Å². The highest BCUT2D eigenvalue weighted by molar-refractivity contribution is 7.98. The number of hydrogen-bond acceptors (Lipinski definition) is 6. The van der Waals surface area contributed by atoms with E-state index in [4.69, 9.17) is 16.6 Å². The van der Waals surface area contributed by atoms with Crippen LogP contribution in [-0.4, -0.2) is 27.3 Å². The Kier molecular flexibility index (Phi) is 6.78. The summed E-state index contributed by atoms with van der Waals surface area (Å²) in [4.78, 5) is 22.7. The summed E-state index contributed by atoms with van der Waals surface area (Å²) in [5.74, 6) is 0.412. The SMILES string of the molecule is CCCCCNc1nc2c(C#N)c(SC)nc(C)c2c(=O)n1-c1ccc(Cl)cc1. The molecule has 0 radical (unpaired) electrons. The zero-order chi connectivity index (χ0) is 21.0. The minimum Gasteiger partial charge on any atom is -0.355 e. The van der Waals surface area contributed by atoms with Crippen LogP contribution in [0.2, 0.25) is 5.02 Å². The smallest absolute Gasteiger partial charge is 0.269 e. The molecular formula is C21H22ClN5OS. The fourth-order valence-electron chi connectivity index (χ4n) is 3.17. The number of rotatable bonds is 7. The highest BCUT2D eigenvalue weighted by Crippen LogP contribution is 2.27. The lowest BCUT2D eigenvalue weighted by Gasteiger charge is -2.16. The fourth-order valence-corrected chi connectivity index (χ4v) is 3.87. The molecule has 0 unspecified atom stereocenters. The van der Waals surface area contributed by atoms with Gasteiger partial charge in [0.15, 0.2) is 0 Å². The quantitative estimate of drug-likeness (QED) is 0.424. The minimum atomic E-state index is -0.260. The molecule has 1 N–H and O–H groups in total. The first-order chi connectivity index (χ1) is 14.0. The van der Waals surface area contributed by atoms with E-state index in [9.17, 15) is 10.1 Å². The van der Waals surface area contributed by atoms with Crippen LogP contribution in [0.15, 0.2) is 34.1 Å². The molecular weight excluding hydrogens is 406 g/mol. The molecule has 3 aromatic rings. The van der Waals surface area contributed by atoms with Crippen LogP contribution in [0.4, 0.5) is 5.95 Å². The van der Waals surface area contributed by atoms with E-state index in [2.05, 4.69) is 23.3 Å². The van der Waals surface area contributed by atoms with Gasteiger partial charge in [-0.05, 0) is 43.9 Å². The number of nitrogens with one attached hydrogen (secondary N) is 1. The summed E-state index contributed by atoms with van der Waals surface area (Å²) in [6, 6.07) is 9.19. The maximum atomic E-state index is 13.5. The number of nitrogens with zero attached hydrogens (tertiary/aromatic N) is 4. The first-order valence-corrected chi connectivity index (χ1v) is 11.0. The molecule has 0 spiro atoms. The van der Waals surface area contributed by atoms with E-state index in [0.29, 0.717) is 50.4 Å². The molecule has 0 aliphatic carbocycles. The van der Waals surface area contributed by atoms with Crippen LogP contribution in [0.1, 0.15) is 37.4 Å². The van der Waals surface area contributed by atoms with Crippen molar-refractivity contribution in [1.82, 2.24) is 14.5 Å². The normalized spacial score (nSPS) is 10.9. The van der Waals surface area contributed by atoms with E-state index in [1.807, 2.05) is 6.26 Å². The average Bonchev–Trinajstić information content (AvgIpc) is 2.71. The average molecular weight is 428 g/mol. The van der Waals surface area contributed by atoms with Crippen molar-refractivity contribution >= 4 is 40.2 Å². The van der Waals surface area contributed by atoms with Crippen molar-refractivity contribution in [2.45, 2.75) is 38.1 Å². The first-order valence-electron chi connectivity index (χ1n) is 9.43. The van der Waals surface area contributed by atoms with Crippen molar-refractivity contribution in [2.75, 3.05) is 18.1 Å². The lowest BCUT2D eigenvalue weighted by molar-refractivity contribution is 0.737. The Hall–Kier alpha value is -2.56. The van der Waals surface area contributed by atoms with E-state index >= 15 is 0 Å². The minimum absolute atomic E-state index is 0.260. The van der Waals surface area contributed by atoms with Crippen LogP contribution >= 0.6 is 23.4 Å². The monoisotopic (exact) mass is 427 g/mol. The third-order valence-electron chi connectivity index (χ3n) is 4.62. The van der Waals surface area contributed by atoms with Crippen molar-refractivity contribution < 1.29 is 0 Å². The van der Waals surface area contributed by atoms with Gasteiger partial charge >= 0.3 is 0 Å². The lowest BCUT2D eigenvalue weighted by atomic mass is 10.1. The predicted molar refractivity (Wildman–Crippen MR) is 119 cm³/mol. The summed E-state index contributed by atoms with van der Waals surface area (Å²) in [6.45, 7) is 4.59. The molecule has 0 aliphatic rings. The van der Waals surface area contributed by atoms with Gasteiger partial charge in [0.1, 0.15) is 22.2 Å².